The number of nitrogens with zero attached hydrogens (tertiary/aromatic N) is 1. The van der Waals surface area contributed by atoms with Gasteiger partial charge >= 0.3 is 6.09 Å². The third kappa shape index (κ3) is 8.94. The monoisotopic (exact) mass is 247 g/mol. The summed E-state index contributed by atoms with van der Waals surface area (Å²) in [6, 6.07) is 0. The first-order chi connectivity index (χ1) is 8.11. The Hall–Kier alpha value is -0.810. The predicted octanol–water partition coefficient (Wildman–Crippen LogP) is 1.91. The second-order valence-corrected chi connectivity index (χ2v) is 3.81. The van der Waals surface area contributed by atoms with Gasteiger partial charge in [0.05, 0.1) is 19.3 Å². The average molecular weight is 247 g/mol. The van der Waals surface area contributed by atoms with Crippen LogP contribution in [0.15, 0.2) is 0 Å². The molecule has 0 heterocycles. The highest BCUT2D eigenvalue weighted by molar-refractivity contribution is 5.67. The topological polar surface area (TPSA) is 48.0 Å². The normalized spacial score (nSPS) is 10.6. The standard InChI is InChI=1S/C12H25NO4/c1-5-15-9-7-13(8-10-16-6-2)12(14)17-11(3)4/h11H,5-10H2,1-4H3. The van der Waals surface area contributed by atoms with Crippen molar-refractivity contribution >= 4 is 6.09 Å². The molecule has 0 fully saturated rings. The van der Waals surface area contributed by atoms with E-state index in [1.165, 1.54) is 0 Å². The summed E-state index contributed by atoms with van der Waals surface area (Å²) in [6.45, 7) is 10.9. The fourth-order valence-electron chi connectivity index (χ4n) is 1.21. The molecule has 0 bridgehead atoms. The molecule has 0 aliphatic carbocycles. The molecular weight excluding hydrogens is 222 g/mol. The van der Waals surface area contributed by atoms with Crippen LogP contribution in [0.25, 0.3) is 0 Å². The van der Waals surface area contributed by atoms with Gasteiger partial charge in [0.1, 0.15) is 0 Å². The third-order valence-electron chi connectivity index (χ3n) is 2.01. The van der Waals surface area contributed by atoms with Crippen molar-refractivity contribution in [1.82, 2.24) is 4.90 Å². The molecule has 5 heteroatoms. The first-order valence-corrected chi connectivity index (χ1v) is 6.22. The Morgan fingerprint density at radius 2 is 1.53 bits per heavy atom. The van der Waals surface area contributed by atoms with Gasteiger partial charge in [-0.15, -0.1) is 0 Å². The Morgan fingerprint density at radius 3 is 1.88 bits per heavy atom. The molecule has 0 N–H and O–H groups in total. The summed E-state index contributed by atoms with van der Waals surface area (Å²) in [5.74, 6) is 0. The highest BCUT2D eigenvalue weighted by Gasteiger charge is 2.15. The minimum absolute atomic E-state index is 0.107. The Labute approximate surface area is 104 Å². The molecule has 0 atom stereocenters. The molecule has 0 saturated heterocycles. The Kier molecular flexibility index (Phi) is 9.86. The molecule has 0 aromatic carbocycles. The molecule has 5 nitrogen and oxygen atoms in total. The number of hydrogen-bond acceptors (Lipinski definition) is 4. The van der Waals surface area contributed by atoms with Crippen LogP contribution in [0.2, 0.25) is 0 Å². The molecule has 0 spiro atoms. The van der Waals surface area contributed by atoms with E-state index in [0.29, 0.717) is 39.5 Å². The number of amides is 1. The fourth-order valence-corrected chi connectivity index (χ4v) is 1.21. The predicted molar refractivity (Wildman–Crippen MR) is 66.2 cm³/mol. The number of rotatable bonds is 9. The van der Waals surface area contributed by atoms with Gasteiger partial charge in [0.25, 0.3) is 0 Å². The lowest BCUT2D eigenvalue weighted by atomic mass is 10.5. The zero-order valence-corrected chi connectivity index (χ0v) is 11.4. The van der Waals surface area contributed by atoms with Gasteiger partial charge in [-0.2, -0.15) is 0 Å². The minimum Gasteiger partial charge on any atom is -0.447 e. The van der Waals surface area contributed by atoms with E-state index < -0.39 is 0 Å². The number of carbonyl (C=O) groups is 1. The summed E-state index contributed by atoms with van der Waals surface area (Å²) in [7, 11) is 0. The van der Waals surface area contributed by atoms with E-state index in [0.717, 1.165) is 0 Å². The van der Waals surface area contributed by atoms with E-state index >= 15 is 0 Å². The van der Waals surface area contributed by atoms with E-state index in [-0.39, 0.29) is 12.2 Å². The summed E-state index contributed by atoms with van der Waals surface area (Å²) in [5, 5.41) is 0. The molecule has 17 heavy (non-hydrogen) atoms. The SMILES string of the molecule is CCOCCN(CCOCC)C(=O)OC(C)C. The molecule has 0 unspecified atom stereocenters. The maximum absolute atomic E-state index is 11.7. The van der Waals surface area contributed by atoms with Crippen LogP contribution in [-0.4, -0.2) is 56.6 Å². The van der Waals surface area contributed by atoms with Crippen LogP contribution < -0.4 is 0 Å². The van der Waals surface area contributed by atoms with E-state index in [1.807, 2.05) is 27.7 Å². The van der Waals surface area contributed by atoms with Gasteiger partial charge < -0.3 is 19.1 Å². The number of ether oxygens (including phenoxy) is 3. The molecule has 0 aromatic heterocycles. The van der Waals surface area contributed by atoms with Crippen LogP contribution in [0.5, 0.6) is 0 Å². The minimum atomic E-state index is -0.306. The highest BCUT2D eigenvalue weighted by Crippen LogP contribution is 1.99. The molecule has 0 rings (SSSR count). The van der Waals surface area contributed by atoms with E-state index in [2.05, 4.69) is 0 Å². The molecule has 0 aromatic rings. The lowest BCUT2D eigenvalue weighted by Crippen LogP contribution is -2.38. The lowest BCUT2D eigenvalue weighted by Gasteiger charge is -2.23. The second-order valence-electron chi connectivity index (χ2n) is 3.81. The smallest absolute Gasteiger partial charge is 0.410 e. The molecular formula is C12H25NO4. The average Bonchev–Trinajstić information content (AvgIpc) is 2.26. The van der Waals surface area contributed by atoms with Crippen LogP contribution in [0.1, 0.15) is 27.7 Å². The van der Waals surface area contributed by atoms with Gasteiger partial charge in [-0.3, -0.25) is 0 Å². The van der Waals surface area contributed by atoms with Gasteiger partial charge in [-0.05, 0) is 27.7 Å². The van der Waals surface area contributed by atoms with Crippen molar-refractivity contribution in [2.75, 3.05) is 39.5 Å². The quantitative estimate of drug-likeness (QED) is 0.584. The van der Waals surface area contributed by atoms with Gasteiger partial charge in [-0.25, -0.2) is 4.79 Å². The van der Waals surface area contributed by atoms with Gasteiger partial charge in [-0.1, -0.05) is 0 Å². The molecule has 0 aliphatic rings. The van der Waals surface area contributed by atoms with Gasteiger partial charge in [0.15, 0.2) is 0 Å². The van der Waals surface area contributed by atoms with Crippen molar-refractivity contribution in [2.45, 2.75) is 33.8 Å². The Bertz CT molecular complexity index is 187. The highest BCUT2D eigenvalue weighted by atomic mass is 16.6. The first-order valence-electron chi connectivity index (χ1n) is 6.22. The van der Waals surface area contributed by atoms with Crippen LogP contribution in [-0.2, 0) is 14.2 Å². The lowest BCUT2D eigenvalue weighted by molar-refractivity contribution is 0.0465. The van der Waals surface area contributed by atoms with Crippen LogP contribution >= 0.6 is 0 Å². The van der Waals surface area contributed by atoms with E-state index in [1.54, 1.807) is 4.90 Å². The molecule has 0 radical (unpaired) electrons. The maximum Gasteiger partial charge on any atom is 0.410 e. The maximum atomic E-state index is 11.7. The van der Waals surface area contributed by atoms with Crippen LogP contribution in [0.4, 0.5) is 4.79 Å². The van der Waals surface area contributed by atoms with E-state index in [9.17, 15) is 4.79 Å². The number of carbonyl (C=O) groups excluding carboxylic acids is 1. The fraction of sp³-hybridized carbons (Fsp3) is 0.917. The number of hydrogen-bond donors (Lipinski definition) is 0. The Balaban J connectivity index is 4.03. The molecule has 102 valence electrons. The second kappa shape index (κ2) is 10.4. The van der Waals surface area contributed by atoms with Gasteiger partial charge in [0.2, 0.25) is 0 Å². The third-order valence-corrected chi connectivity index (χ3v) is 2.01. The van der Waals surface area contributed by atoms with Gasteiger partial charge in [0, 0.05) is 26.3 Å². The van der Waals surface area contributed by atoms with Crippen molar-refractivity contribution in [1.29, 1.82) is 0 Å². The summed E-state index contributed by atoms with van der Waals surface area (Å²) in [6.07, 6.45) is -0.413. The zero-order valence-electron chi connectivity index (χ0n) is 11.4. The zero-order chi connectivity index (χ0) is 13.1. The molecule has 0 saturated carbocycles. The van der Waals surface area contributed by atoms with Crippen molar-refractivity contribution in [3.63, 3.8) is 0 Å². The Morgan fingerprint density at radius 1 is 1.06 bits per heavy atom. The molecule has 1 amide bonds. The summed E-state index contributed by atoms with van der Waals surface area (Å²) in [5.41, 5.74) is 0. The van der Waals surface area contributed by atoms with Crippen molar-refractivity contribution in [3.8, 4) is 0 Å². The first kappa shape index (κ1) is 16.2. The van der Waals surface area contributed by atoms with Crippen LogP contribution in [0, 0.1) is 0 Å². The van der Waals surface area contributed by atoms with Crippen molar-refractivity contribution in [2.24, 2.45) is 0 Å². The van der Waals surface area contributed by atoms with Crippen molar-refractivity contribution < 1.29 is 19.0 Å². The molecule has 0 aliphatic heterocycles. The summed E-state index contributed by atoms with van der Waals surface area (Å²) in [4.78, 5) is 13.4. The summed E-state index contributed by atoms with van der Waals surface area (Å²) < 4.78 is 15.6. The largest absolute Gasteiger partial charge is 0.447 e. The van der Waals surface area contributed by atoms with Crippen LogP contribution in [0.3, 0.4) is 0 Å². The van der Waals surface area contributed by atoms with E-state index in [4.69, 9.17) is 14.2 Å². The summed E-state index contributed by atoms with van der Waals surface area (Å²) >= 11 is 0. The van der Waals surface area contributed by atoms with Crippen molar-refractivity contribution in [3.05, 3.63) is 0 Å².